The Hall–Kier alpha value is -3.44. The van der Waals surface area contributed by atoms with Gasteiger partial charge in [-0.05, 0) is 12.1 Å². The molecule has 1 fully saturated rings. The van der Waals surface area contributed by atoms with Crippen LogP contribution in [0.2, 0.25) is 0 Å². The summed E-state index contributed by atoms with van der Waals surface area (Å²) in [6.07, 6.45) is -0.725. The van der Waals surface area contributed by atoms with Gasteiger partial charge in [0.2, 0.25) is 0 Å². The number of halogens is 1. The van der Waals surface area contributed by atoms with E-state index in [1.165, 1.54) is 23.2 Å². The van der Waals surface area contributed by atoms with Crippen LogP contribution in [0.1, 0.15) is 10.4 Å². The number of hydrogen-bond donors (Lipinski definition) is 5. The van der Waals surface area contributed by atoms with E-state index in [1.807, 2.05) is 0 Å². The van der Waals surface area contributed by atoms with Gasteiger partial charge in [-0.3, -0.25) is 13.5 Å². The smallest absolute Gasteiger partial charge is 0.362 e. The highest BCUT2D eigenvalue weighted by Crippen LogP contribution is 2.32. The van der Waals surface area contributed by atoms with Crippen molar-refractivity contribution in [2.24, 2.45) is 0 Å². The molecule has 3 atom stereocenters. The van der Waals surface area contributed by atoms with E-state index in [1.54, 1.807) is 0 Å². The van der Waals surface area contributed by atoms with E-state index in [2.05, 4.69) is 19.1 Å². The van der Waals surface area contributed by atoms with Crippen molar-refractivity contribution in [3.63, 3.8) is 0 Å². The number of imidazole rings is 1. The number of nitrogens with one attached hydrogen (secondary N) is 1. The summed E-state index contributed by atoms with van der Waals surface area (Å²) in [5, 5.41) is 21.6. The molecule has 14 nitrogen and oxygen atoms in total. The number of carbonyl (C=O) groups is 1. The number of nitrogen functional groups attached to an aromatic ring is 2. The zero-order valence-electron chi connectivity index (χ0n) is 16.6. The molecule has 0 spiro atoms. The van der Waals surface area contributed by atoms with Crippen molar-refractivity contribution in [3.8, 4) is 0 Å². The lowest BCUT2D eigenvalue weighted by molar-refractivity contribution is -0.109. The van der Waals surface area contributed by atoms with Crippen LogP contribution in [0.5, 0.6) is 0 Å². The number of ether oxygens (including phenoxy) is 1. The van der Waals surface area contributed by atoms with E-state index in [0.717, 1.165) is 17.0 Å². The quantitative estimate of drug-likeness (QED) is 0.246. The number of benzene rings is 1. The van der Waals surface area contributed by atoms with Crippen molar-refractivity contribution in [2.45, 2.75) is 17.9 Å². The van der Waals surface area contributed by atoms with Crippen LogP contribution < -0.4 is 16.2 Å². The predicted molar refractivity (Wildman–Crippen MR) is 109 cm³/mol. The second-order valence-electron chi connectivity index (χ2n) is 7.09. The third kappa shape index (κ3) is 4.05. The zero-order chi connectivity index (χ0) is 24.0. The van der Waals surface area contributed by atoms with E-state index in [-0.39, 0.29) is 22.7 Å². The number of nitrogens with zero attached hydrogens (tertiary/aromatic N) is 4. The second-order valence-corrected chi connectivity index (χ2v) is 8.44. The summed E-state index contributed by atoms with van der Waals surface area (Å²) in [5.41, 5.74) is 8.48. The van der Waals surface area contributed by atoms with Crippen LogP contribution in [-0.4, -0.2) is 69.5 Å². The molecule has 7 N–H and O–H groups in total. The van der Waals surface area contributed by atoms with Crippen LogP contribution >= 0.6 is 0 Å². The summed E-state index contributed by atoms with van der Waals surface area (Å²) in [5.74, 6) is -2.33. The van der Waals surface area contributed by atoms with Gasteiger partial charge in [0, 0.05) is 5.69 Å². The number of fused-ring (bicyclic) bond motifs is 1. The second kappa shape index (κ2) is 8.16. The summed E-state index contributed by atoms with van der Waals surface area (Å²) in [6.45, 7) is -1.27. The Kier molecular flexibility index (Phi) is 5.62. The first-order valence-corrected chi connectivity index (χ1v) is 10.7. The Morgan fingerprint density at radius 1 is 1.36 bits per heavy atom. The van der Waals surface area contributed by atoms with Crippen LogP contribution in [0.4, 0.5) is 15.9 Å². The molecule has 1 amide bonds. The van der Waals surface area contributed by atoms with E-state index in [4.69, 9.17) is 16.2 Å². The molecule has 0 unspecified atom stereocenters. The van der Waals surface area contributed by atoms with E-state index < -0.39 is 58.7 Å². The van der Waals surface area contributed by atoms with Crippen LogP contribution in [0.3, 0.4) is 0 Å². The molecule has 1 aliphatic rings. The van der Waals surface area contributed by atoms with E-state index in [0.29, 0.717) is 0 Å². The summed E-state index contributed by atoms with van der Waals surface area (Å²) < 4.78 is 50.7. The maximum atomic E-state index is 13.8. The highest BCUT2D eigenvalue weighted by atomic mass is 32.2. The molecule has 1 aromatic carbocycles. The predicted octanol–water partition coefficient (Wildman–Crippen LogP) is -1.77. The van der Waals surface area contributed by atoms with Crippen LogP contribution in [-0.2, 0) is 24.9 Å². The first-order valence-electron chi connectivity index (χ1n) is 9.25. The largest absolute Gasteiger partial charge is 0.398 e. The van der Waals surface area contributed by atoms with Gasteiger partial charge in [0.25, 0.3) is 5.91 Å². The number of carbonyl (C=O) groups excluding carboxylic acids is 1. The van der Waals surface area contributed by atoms with Gasteiger partial charge in [-0.1, -0.05) is 6.07 Å². The molecule has 3 heterocycles. The normalized spacial score (nSPS) is 23.1. The van der Waals surface area contributed by atoms with Gasteiger partial charge in [-0.2, -0.15) is 8.42 Å². The topological polar surface area (TPSA) is 218 Å². The molecule has 16 heteroatoms. The zero-order valence-corrected chi connectivity index (χ0v) is 17.4. The molecule has 0 aliphatic carbocycles. The number of anilines is 2. The molecule has 33 heavy (non-hydrogen) atoms. The highest BCUT2D eigenvalue weighted by Gasteiger charge is 2.51. The van der Waals surface area contributed by atoms with Crippen molar-refractivity contribution >= 4 is 38.9 Å². The number of nitrogens with two attached hydrogens (primary N) is 2. The number of rotatable bonds is 6. The minimum absolute atomic E-state index is 0.0490. The van der Waals surface area contributed by atoms with Gasteiger partial charge in [-0.25, -0.2) is 24.1 Å². The number of aromatic nitrogens is 4. The monoisotopic (exact) mass is 483 g/mol. The van der Waals surface area contributed by atoms with Gasteiger partial charge in [-0.15, -0.1) is 0 Å². The van der Waals surface area contributed by atoms with Crippen molar-refractivity contribution in [1.82, 2.24) is 24.2 Å². The number of hydrogen-bond acceptors (Lipinski definition) is 12. The molecular weight excluding hydrogens is 465 g/mol. The lowest BCUT2D eigenvalue weighted by Gasteiger charge is -2.27. The van der Waals surface area contributed by atoms with Crippen molar-refractivity contribution in [2.75, 3.05) is 24.7 Å². The molecule has 4 rings (SSSR count). The summed E-state index contributed by atoms with van der Waals surface area (Å²) in [7, 11) is -4.76. The number of aliphatic hydroxyl groups is 2. The lowest BCUT2D eigenvalue weighted by Crippen LogP contribution is -2.47. The minimum Gasteiger partial charge on any atom is -0.398 e. The van der Waals surface area contributed by atoms with Crippen molar-refractivity contribution in [1.29, 1.82) is 0 Å². The van der Waals surface area contributed by atoms with Crippen LogP contribution in [0.15, 0.2) is 30.9 Å². The molecule has 0 radical (unpaired) electrons. The molecule has 0 saturated carbocycles. The maximum absolute atomic E-state index is 13.8. The van der Waals surface area contributed by atoms with E-state index >= 15 is 0 Å². The molecule has 3 aromatic rings. The third-order valence-electron chi connectivity index (χ3n) is 4.99. The third-order valence-corrected chi connectivity index (χ3v) is 5.87. The molecule has 2 aromatic heterocycles. The Morgan fingerprint density at radius 2 is 2.12 bits per heavy atom. The van der Waals surface area contributed by atoms with Crippen molar-refractivity contribution in [3.05, 3.63) is 42.2 Å². The van der Waals surface area contributed by atoms with Gasteiger partial charge < -0.3 is 26.4 Å². The van der Waals surface area contributed by atoms with Gasteiger partial charge >= 0.3 is 10.3 Å². The molecule has 176 valence electrons. The number of aliphatic hydroxyl groups excluding tert-OH is 1. The molecular formula is C17H18FN7O7S. The fourth-order valence-corrected chi connectivity index (χ4v) is 4.02. The SMILES string of the molecule is Nc1cccc(F)c1C(=O)NS(=O)(=O)OC[C@H]1OC[C@](O)(n2cnc3c(N)ncnc32)[C@@H]1O. The maximum Gasteiger partial charge on any atom is 0.362 e. The molecule has 1 saturated heterocycles. The van der Waals surface area contributed by atoms with Gasteiger partial charge in [0.15, 0.2) is 17.2 Å². The summed E-state index contributed by atoms with van der Waals surface area (Å²) >= 11 is 0. The summed E-state index contributed by atoms with van der Waals surface area (Å²) in [4.78, 5) is 23.9. The minimum atomic E-state index is -4.76. The van der Waals surface area contributed by atoms with Crippen LogP contribution in [0, 0.1) is 5.82 Å². The van der Waals surface area contributed by atoms with Crippen molar-refractivity contribution < 1.29 is 36.7 Å². The Bertz CT molecular complexity index is 1310. The summed E-state index contributed by atoms with van der Waals surface area (Å²) in [6, 6.07) is 3.39. The first-order chi connectivity index (χ1) is 15.5. The highest BCUT2D eigenvalue weighted by molar-refractivity contribution is 7.85. The average Bonchev–Trinajstić information content (AvgIpc) is 3.30. The molecule has 1 aliphatic heterocycles. The Balaban J connectivity index is 1.46. The standard InChI is InChI=1S/C17H18FN7O7S/c18-8-2-1-3-9(19)11(8)16(27)24-33(29,30)32-4-10-13(26)17(28,5-31-10)25-7-23-12-14(20)21-6-22-15(12)25/h1-3,6-7,10,13,26,28H,4-5,19H2,(H,24,27)(H2,20,21,22)/t10-,13-,17-/m1/s1. The fraction of sp³-hybridized carbons (Fsp3) is 0.294. The van der Waals surface area contributed by atoms with Gasteiger partial charge in [0.1, 0.15) is 29.9 Å². The van der Waals surface area contributed by atoms with E-state index in [9.17, 15) is 27.8 Å². The first kappa shape index (κ1) is 22.7. The lowest BCUT2D eigenvalue weighted by atomic mass is 10.1. The van der Waals surface area contributed by atoms with Gasteiger partial charge in [0.05, 0.1) is 25.1 Å². The Morgan fingerprint density at radius 3 is 2.85 bits per heavy atom. The van der Waals surface area contributed by atoms with Crippen LogP contribution in [0.25, 0.3) is 11.2 Å². The molecule has 0 bridgehead atoms. The average molecular weight is 483 g/mol. The number of amides is 1. The Labute approximate surface area is 185 Å². The fourth-order valence-electron chi connectivity index (χ4n) is 3.32.